The fourth-order valence-electron chi connectivity index (χ4n) is 1.38. The van der Waals surface area contributed by atoms with Crippen LogP contribution in [-0.4, -0.2) is 14.9 Å². The molecular weight excluding hydrogens is 214 g/mol. The lowest BCUT2D eigenvalue weighted by Gasteiger charge is -2.01. The van der Waals surface area contributed by atoms with Crippen LogP contribution in [0.5, 0.6) is 0 Å². The summed E-state index contributed by atoms with van der Waals surface area (Å²) >= 11 is 0. The highest BCUT2D eigenvalue weighted by atomic mass is 16.6. The largest absolute Gasteiger partial charge is 0.710 e. The molecule has 1 heterocycles. The van der Waals surface area contributed by atoms with Crippen molar-refractivity contribution in [3.63, 3.8) is 0 Å². The van der Waals surface area contributed by atoms with Gasteiger partial charge in [-0.25, -0.2) is 4.73 Å². The summed E-state index contributed by atoms with van der Waals surface area (Å²) in [5.74, 6) is -0.0660. The van der Waals surface area contributed by atoms with Crippen molar-refractivity contribution in [2.24, 2.45) is 0 Å². The monoisotopic (exact) mass is 221 g/mol. The number of hydrogen-bond acceptors (Lipinski definition) is 4. The van der Waals surface area contributed by atoms with Crippen LogP contribution >= 0.6 is 0 Å². The first-order chi connectivity index (χ1) is 7.59. The first-order valence-electron chi connectivity index (χ1n) is 4.34. The average Bonchev–Trinajstić information content (AvgIpc) is 2.59. The summed E-state index contributed by atoms with van der Waals surface area (Å²) in [5, 5.41) is 31.2. The molecule has 1 N–H and O–H groups in total. The fraction of sp³-hybridized carbons (Fsp3) is 0. The van der Waals surface area contributed by atoms with Gasteiger partial charge in [0.25, 0.3) is 5.69 Å². The van der Waals surface area contributed by atoms with E-state index < -0.39 is 4.92 Å². The van der Waals surface area contributed by atoms with Crippen molar-refractivity contribution in [2.45, 2.75) is 0 Å². The van der Waals surface area contributed by atoms with Crippen molar-refractivity contribution < 1.29 is 14.9 Å². The van der Waals surface area contributed by atoms with Gasteiger partial charge in [-0.05, 0) is 10.8 Å². The molecule has 7 heteroatoms. The minimum atomic E-state index is -0.566. The molecule has 2 rings (SSSR count). The SMILES string of the molecule is O=[N+]([O-])c1cccc(-c2n(O)cc[n+]2[O-])c1. The van der Waals surface area contributed by atoms with Crippen LogP contribution in [0.15, 0.2) is 36.7 Å². The van der Waals surface area contributed by atoms with Crippen molar-refractivity contribution >= 4 is 5.69 Å². The lowest BCUT2D eigenvalue weighted by molar-refractivity contribution is -0.594. The van der Waals surface area contributed by atoms with Crippen LogP contribution in [0, 0.1) is 15.3 Å². The molecule has 0 aliphatic carbocycles. The molecule has 0 spiro atoms. The van der Waals surface area contributed by atoms with Crippen molar-refractivity contribution in [2.75, 3.05) is 0 Å². The molecule has 1 aromatic carbocycles. The molecule has 1 aromatic heterocycles. The van der Waals surface area contributed by atoms with Crippen molar-refractivity contribution in [1.29, 1.82) is 0 Å². The highest BCUT2D eigenvalue weighted by molar-refractivity contribution is 5.57. The molecule has 82 valence electrons. The second kappa shape index (κ2) is 3.54. The number of nitro benzene ring substituents is 1. The van der Waals surface area contributed by atoms with Crippen LogP contribution in [0.3, 0.4) is 0 Å². The van der Waals surface area contributed by atoms with Gasteiger partial charge in [-0.2, -0.15) is 0 Å². The van der Waals surface area contributed by atoms with Gasteiger partial charge in [-0.15, -0.1) is 0 Å². The number of nitro groups is 1. The van der Waals surface area contributed by atoms with E-state index in [1.807, 2.05) is 0 Å². The maximum Gasteiger partial charge on any atom is 0.331 e. The summed E-state index contributed by atoms with van der Waals surface area (Å²) in [4.78, 5) is 9.98. The summed E-state index contributed by atoms with van der Waals surface area (Å²) in [6.45, 7) is 0. The minimum Gasteiger partial charge on any atom is -0.710 e. The zero-order chi connectivity index (χ0) is 11.7. The second-order valence-corrected chi connectivity index (χ2v) is 3.10. The molecule has 0 aliphatic heterocycles. The molecule has 0 bridgehead atoms. The van der Waals surface area contributed by atoms with Gasteiger partial charge in [-0.1, -0.05) is 6.07 Å². The molecular formula is C9H7N3O4. The Labute approximate surface area is 89.5 Å². The van der Waals surface area contributed by atoms with E-state index >= 15 is 0 Å². The smallest absolute Gasteiger partial charge is 0.331 e. The van der Waals surface area contributed by atoms with Gasteiger partial charge < -0.3 is 10.4 Å². The van der Waals surface area contributed by atoms with Gasteiger partial charge in [0.15, 0.2) is 6.20 Å². The van der Waals surface area contributed by atoms with Gasteiger partial charge >= 0.3 is 5.82 Å². The highest BCUT2D eigenvalue weighted by Crippen LogP contribution is 2.20. The zero-order valence-corrected chi connectivity index (χ0v) is 7.98. The molecule has 0 fully saturated rings. The van der Waals surface area contributed by atoms with E-state index in [4.69, 9.17) is 0 Å². The highest BCUT2D eigenvalue weighted by Gasteiger charge is 2.17. The summed E-state index contributed by atoms with van der Waals surface area (Å²) in [6, 6.07) is 5.48. The topological polar surface area (TPSA) is 95.2 Å². The summed E-state index contributed by atoms with van der Waals surface area (Å²) in [6.07, 6.45) is 2.26. The lowest BCUT2D eigenvalue weighted by atomic mass is 10.2. The molecule has 0 saturated carbocycles. The van der Waals surface area contributed by atoms with Gasteiger partial charge in [0.1, 0.15) is 6.20 Å². The number of hydrogen-bond donors (Lipinski definition) is 1. The Morgan fingerprint density at radius 3 is 2.75 bits per heavy atom. The van der Waals surface area contributed by atoms with Crippen LogP contribution in [0.25, 0.3) is 11.4 Å². The predicted molar refractivity (Wildman–Crippen MR) is 52.7 cm³/mol. The van der Waals surface area contributed by atoms with E-state index in [-0.39, 0.29) is 17.1 Å². The maximum atomic E-state index is 11.3. The molecule has 2 aromatic rings. The number of non-ortho nitro benzene ring substituents is 1. The minimum absolute atomic E-state index is 0.0660. The Bertz CT molecular complexity index is 530. The molecule has 0 amide bonds. The molecule has 7 nitrogen and oxygen atoms in total. The van der Waals surface area contributed by atoms with Gasteiger partial charge in [0.05, 0.1) is 10.5 Å². The first-order valence-corrected chi connectivity index (χ1v) is 4.34. The third-order valence-electron chi connectivity index (χ3n) is 2.08. The van der Waals surface area contributed by atoms with Crippen LogP contribution in [0.4, 0.5) is 5.69 Å². The molecule has 0 aliphatic rings. The van der Waals surface area contributed by atoms with Crippen LogP contribution in [0.1, 0.15) is 0 Å². The Kier molecular flexibility index (Phi) is 2.20. The number of benzene rings is 1. The number of imidazole rings is 1. The van der Waals surface area contributed by atoms with Crippen molar-refractivity contribution in [3.05, 3.63) is 52.0 Å². The van der Waals surface area contributed by atoms with Crippen molar-refractivity contribution in [1.82, 2.24) is 4.73 Å². The Morgan fingerprint density at radius 1 is 1.44 bits per heavy atom. The van der Waals surface area contributed by atoms with E-state index in [0.29, 0.717) is 9.46 Å². The quantitative estimate of drug-likeness (QED) is 0.268. The summed E-state index contributed by atoms with van der Waals surface area (Å²) in [5.41, 5.74) is 0.135. The molecule has 0 unspecified atom stereocenters. The third kappa shape index (κ3) is 1.54. The van der Waals surface area contributed by atoms with Crippen LogP contribution in [0.2, 0.25) is 0 Å². The van der Waals surface area contributed by atoms with E-state index in [0.717, 1.165) is 12.4 Å². The van der Waals surface area contributed by atoms with Gasteiger partial charge in [-0.3, -0.25) is 10.1 Å². The maximum absolute atomic E-state index is 11.3. The number of aromatic nitrogens is 2. The van der Waals surface area contributed by atoms with E-state index in [1.54, 1.807) is 0 Å². The van der Waals surface area contributed by atoms with Crippen molar-refractivity contribution in [3.8, 4) is 11.4 Å². The normalized spacial score (nSPS) is 10.2. The Balaban J connectivity index is 2.57. The summed E-state index contributed by atoms with van der Waals surface area (Å²) in [7, 11) is 0. The summed E-state index contributed by atoms with van der Waals surface area (Å²) < 4.78 is 1.05. The molecule has 0 radical (unpaired) electrons. The molecule has 16 heavy (non-hydrogen) atoms. The van der Waals surface area contributed by atoms with E-state index in [9.17, 15) is 20.5 Å². The van der Waals surface area contributed by atoms with Crippen LogP contribution in [-0.2, 0) is 0 Å². The van der Waals surface area contributed by atoms with E-state index in [1.165, 1.54) is 24.3 Å². The Morgan fingerprint density at radius 2 is 2.19 bits per heavy atom. The Hall–Kier alpha value is -2.57. The van der Waals surface area contributed by atoms with Gasteiger partial charge in [0, 0.05) is 12.1 Å². The molecule has 0 atom stereocenters. The lowest BCUT2D eigenvalue weighted by Crippen LogP contribution is -2.26. The van der Waals surface area contributed by atoms with E-state index in [2.05, 4.69) is 0 Å². The standard InChI is InChI=1S/C9H7N3O4/c13-10-4-5-11(14)9(10)7-2-1-3-8(6-7)12(15)16/h1-6,13H. The number of rotatable bonds is 2. The average molecular weight is 221 g/mol. The second-order valence-electron chi connectivity index (χ2n) is 3.10. The fourth-order valence-corrected chi connectivity index (χ4v) is 1.38. The predicted octanol–water partition coefficient (Wildman–Crippen LogP) is 0.934. The zero-order valence-electron chi connectivity index (χ0n) is 7.98. The first kappa shape index (κ1) is 9.97. The molecule has 0 saturated heterocycles. The number of nitrogens with zero attached hydrogens (tertiary/aromatic N) is 3. The van der Waals surface area contributed by atoms with Gasteiger partial charge in [0.2, 0.25) is 0 Å². The van der Waals surface area contributed by atoms with Crippen LogP contribution < -0.4 is 4.73 Å². The third-order valence-corrected chi connectivity index (χ3v) is 2.08.